The maximum absolute atomic E-state index is 13.9. The van der Waals surface area contributed by atoms with Gasteiger partial charge in [0.1, 0.15) is 23.1 Å². The van der Waals surface area contributed by atoms with Crippen LogP contribution in [0.15, 0.2) is 69.0 Å². The number of aromatic nitrogens is 3. The van der Waals surface area contributed by atoms with Gasteiger partial charge in [-0.25, -0.2) is 0 Å². The van der Waals surface area contributed by atoms with Crippen LogP contribution in [-0.4, -0.2) is 97.1 Å². The predicted molar refractivity (Wildman–Crippen MR) is 168 cm³/mol. The third kappa shape index (κ3) is 9.79. The maximum Gasteiger partial charge on any atom is 0.283 e. The maximum atomic E-state index is 13.9. The summed E-state index contributed by atoms with van der Waals surface area (Å²) in [7, 11) is 0. The lowest BCUT2D eigenvalue weighted by Crippen LogP contribution is -2.50. The molecule has 18 heteroatoms. The van der Waals surface area contributed by atoms with Gasteiger partial charge in [0.05, 0.1) is 0 Å². The van der Waals surface area contributed by atoms with Gasteiger partial charge in [-0.15, -0.1) is 14.2 Å². The van der Waals surface area contributed by atoms with Crippen molar-refractivity contribution in [1.82, 2.24) is 35.0 Å². The first-order valence-corrected chi connectivity index (χ1v) is 15.1. The molecule has 0 aromatic carbocycles. The van der Waals surface area contributed by atoms with Crippen LogP contribution in [0, 0.1) is 0 Å². The minimum atomic E-state index is -1.11. The molecule has 1 unspecified atom stereocenters. The number of hydrogen-bond acceptors (Lipinski definition) is 11. The van der Waals surface area contributed by atoms with E-state index in [9.17, 15) is 49.2 Å². The number of carbonyl (C=O) groups is 4. The van der Waals surface area contributed by atoms with Crippen LogP contribution in [-0.2, 0) is 4.79 Å². The Morgan fingerprint density at radius 3 is 1.48 bits per heavy atom. The van der Waals surface area contributed by atoms with Crippen LogP contribution in [0.2, 0.25) is 0 Å². The molecule has 0 aliphatic carbocycles. The Kier molecular flexibility index (Phi) is 13.5. The second-order valence-corrected chi connectivity index (χ2v) is 10.5. The van der Waals surface area contributed by atoms with Crippen molar-refractivity contribution in [2.45, 2.75) is 38.1 Å². The van der Waals surface area contributed by atoms with Gasteiger partial charge in [0, 0.05) is 44.4 Å². The van der Waals surface area contributed by atoms with Crippen LogP contribution >= 0.6 is 0 Å². The molecule has 1 atom stereocenters. The standard InChI is InChI=1S/C30H38N8O10/c31-15-2-1-8-20(34-29(44)23-11-5-14-26(41)38(23)48)30(45)35(18-6-16-32-27(42)21-9-3-12-24(39)36(21)46)19-7-17-33-28(43)22-10-4-13-25(40)37(22)47/h3-5,9-14,20,46-48H,1-2,6-8,15-19,31H2,(H,32,42)(H,33,43)(H,34,44). The normalized spacial score (nSPS) is 11.4. The number of nitrogens with two attached hydrogens (primary N) is 1. The topological polar surface area (TPSA) is 260 Å². The molecule has 8 N–H and O–H groups in total. The third-order valence-electron chi connectivity index (χ3n) is 7.13. The number of hydrogen-bond donors (Lipinski definition) is 7. The molecule has 258 valence electrons. The largest absolute Gasteiger partial charge is 0.425 e. The number of pyridine rings is 3. The quantitative estimate of drug-likeness (QED) is 0.0647. The molecule has 0 spiro atoms. The van der Waals surface area contributed by atoms with Gasteiger partial charge in [-0.3, -0.25) is 33.6 Å². The molecule has 3 heterocycles. The van der Waals surface area contributed by atoms with Crippen molar-refractivity contribution in [1.29, 1.82) is 0 Å². The summed E-state index contributed by atoms with van der Waals surface area (Å²) in [5.74, 6) is -2.87. The summed E-state index contributed by atoms with van der Waals surface area (Å²) in [4.78, 5) is 88.4. The average Bonchev–Trinajstić information content (AvgIpc) is 3.06. The summed E-state index contributed by atoms with van der Waals surface area (Å²) in [5.41, 5.74) is 2.22. The van der Waals surface area contributed by atoms with Crippen LogP contribution < -0.4 is 38.4 Å². The second-order valence-electron chi connectivity index (χ2n) is 10.5. The molecular weight excluding hydrogens is 632 g/mol. The first-order chi connectivity index (χ1) is 23.0. The molecule has 0 fully saturated rings. The molecule has 0 aliphatic rings. The fourth-order valence-corrected chi connectivity index (χ4v) is 4.62. The van der Waals surface area contributed by atoms with Crippen LogP contribution in [0.1, 0.15) is 63.6 Å². The van der Waals surface area contributed by atoms with E-state index in [1.54, 1.807) is 0 Å². The zero-order valence-corrected chi connectivity index (χ0v) is 25.9. The van der Waals surface area contributed by atoms with Gasteiger partial charge in [-0.2, -0.15) is 0 Å². The fraction of sp³-hybridized carbons (Fsp3) is 0.367. The Labute approximate surface area is 272 Å². The second kappa shape index (κ2) is 17.7. The van der Waals surface area contributed by atoms with Gasteiger partial charge in [0.25, 0.3) is 34.4 Å². The molecule has 0 aliphatic heterocycles. The third-order valence-corrected chi connectivity index (χ3v) is 7.13. The van der Waals surface area contributed by atoms with Crippen molar-refractivity contribution < 1.29 is 34.8 Å². The number of nitrogens with zero attached hydrogens (tertiary/aromatic N) is 4. The summed E-state index contributed by atoms with van der Waals surface area (Å²) < 4.78 is 0.577. The van der Waals surface area contributed by atoms with E-state index in [1.807, 2.05) is 0 Å². The molecule has 3 rings (SSSR count). The van der Waals surface area contributed by atoms with E-state index >= 15 is 0 Å². The van der Waals surface area contributed by atoms with E-state index in [2.05, 4.69) is 16.0 Å². The highest BCUT2D eigenvalue weighted by Crippen LogP contribution is 2.09. The van der Waals surface area contributed by atoms with Crippen molar-refractivity contribution in [3.05, 3.63) is 103 Å². The SMILES string of the molecule is NCCCCC(NC(=O)c1cccc(=O)n1O)C(=O)N(CCCNC(=O)c1cccc(=O)n1O)CCCNC(=O)c1cccc(=O)n1O. The summed E-state index contributed by atoms with van der Waals surface area (Å²) in [5, 5.41) is 37.4. The molecule has 4 amide bonds. The minimum Gasteiger partial charge on any atom is -0.425 e. The van der Waals surface area contributed by atoms with E-state index in [0.29, 0.717) is 19.4 Å². The predicted octanol–water partition coefficient (Wildman–Crippen LogP) is -1.42. The smallest absolute Gasteiger partial charge is 0.283 e. The van der Waals surface area contributed by atoms with E-state index in [0.717, 1.165) is 18.2 Å². The Morgan fingerprint density at radius 1 is 0.646 bits per heavy atom. The lowest BCUT2D eigenvalue weighted by Gasteiger charge is -2.28. The van der Waals surface area contributed by atoms with Crippen molar-refractivity contribution in [2.24, 2.45) is 5.73 Å². The number of nitrogens with one attached hydrogen (secondary N) is 3. The summed E-state index contributed by atoms with van der Waals surface area (Å²) in [6.45, 7) is 0.494. The molecule has 0 radical (unpaired) electrons. The van der Waals surface area contributed by atoms with Crippen LogP contribution in [0.4, 0.5) is 0 Å². The van der Waals surface area contributed by atoms with E-state index in [4.69, 9.17) is 5.73 Å². The Bertz CT molecular complexity index is 1700. The van der Waals surface area contributed by atoms with Gasteiger partial charge in [-0.1, -0.05) is 18.2 Å². The summed E-state index contributed by atoms with van der Waals surface area (Å²) in [6, 6.07) is 9.70. The van der Waals surface area contributed by atoms with Crippen LogP contribution in [0.3, 0.4) is 0 Å². The number of unbranched alkanes of at least 4 members (excludes halogenated alkanes) is 1. The summed E-state index contributed by atoms with van der Waals surface area (Å²) >= 11 is 0. The zero-order valence-electron chi connectivity index (χ0n) is 25.9. The average molecular weight is 671 g/mol. The van der Waals surface area contributed by atoms with Crippen molar-refractivity contribution >= 4 is 23.6 Å². The number of rotatable bonds is 17. The highest BCUT2D eigenvalue weighted by molar-refractivity contribution is 5.96. The van der Waals surface area contributed by atoms with Gasteiger partial charge >= 0.3 is 0 Å². The van der Waals surface area contributed by atoms with E-state index in [1.165, 1.54) is 41.3 Å². The van der Waals surface area contributed by atoms with Gasteiger partial charge < -0.3 is 42.2 Å². The van der Waals surface area contributed by atoms with Crippen LogP contribution in [0.25, 0.3) is 0 Å². The molecule has 0 saturated heterocycles. The van der Waals surface area contributed by atoms with Crippen LogP contribution in [0.5, 0.6) is 0 Å². The van der Waals surface area contributed by atoms with Crippen molar-refractivity contribution in [2.75, 3.05) is 32.7 Å². The lowest BCUT2D eigenvalue weighted by molar-refractivity contribution is -0.133. The van der Waals surface area contributed by atoms with Gasteiger partial charge in [0.15, 0.2) is 0 Å². The van der Waals surface area contributed by atoms with E-state index < -0.39 is 46.3 Å². The molecule has 3 aromatic heterocycles. The van der Waals surface area contributed by atoms with Crippen molar-refractivity contribution in [3.63, 3.8) is 0 Å². The molecule has 0 saturated carbocycles. The Balaban J connectivity index is 1.73. The molecule has 3 aromatic rings. The Hall–Kier alpha value is -5.91. The monoisotopic (exact) mass is 670 g/mol. The zero-order chi connectivity index (χ0) is 35.2. The summed E-state index contributed by atoms with van der Waals surface area (Å²) in [6.07, 6.45) is 1.56. The molecule has 18 nitrogen and oxygen atoms in total. The molecule has 48 heavy (non-hydrogen) atoms. The lowest BCUT2D eigenvalue weighted by atomic mass is 10.1. The number of amides is 4. The first-order valence-electron chi connectivity index (χ1n) is 15.1. The fourth-order valence-electron chi connectivity index (χ4n) is 4.62. The molecule has 0 bridgehead atoms. The van der Waals surface area contributed by atoms with Gasteiger partial charge in [0.2, 0.25) is 5.91 Å². The van der Waals surface area contributed by atoms with Gasteiger partial charge in [-0.05, 0) is 56.8 Å². The highest BCUT2D eigenvalue weighted by atomic mass is 16.5. The highest BCUT2D eigenvalue weighted by Gasteiger charge is 2.27. The minimum absolute atomic E-state index is 0.0233. The van der Waals surface area contributed by atoms with Crippen molar-refractivity contribution in [3.8, 4) is 0 Å². The first kappa shape index (κ1) is 36.6. The Morgan fingerprint density at radius 2 is 1.06 bits per heavy atom. The molecular formula is C30H38N8O10. The van der Waals surface area contributed by atoms with E-state index in [-0.39, 0.29) is 76.7 Å². The number of carbonyl (C=O) groups excluding carboxylic acids is 4.